The number of halogens is 5. The summed E-state index contributed by atoms with van der Waals surface area (Å²) in [4.78, 5) is -0.565. The van der Waals surface area contributed by atoms with Crippen LogP contribution in [0.5, 0.6) is 5.75 Å². The maximum absolute atomic E-state index is 12.7. The molecular formula is C7H3BrF4OS. The van der Waals surface area contributed by atoms with Gasteiger partial charge >= 0.3 is 5.51 Å². The average Bonchev–Trinajstić information content (AvgIpc) is 1.96. The van der Waals surface area contributed by atoms with E-state index in [1.807, 2.05) is 0 Å². The summed E-state index contributed by atoms with van der Waals surface area (Å²) in [5, 5.41) is 9.15. The molecule has 0 fully saturated rings. The lowest BCUT2D eigenvalue weighted by atomic mass is 10.3. The van der Waals surface area contributed by atoms with Gasteiger partial charge in [0.2, 0.25) is 0 Å². The van der Waals surface area contributed by atoms with Gasteiger partial charge in [-0.15, -0.1) is 0 Å². The van der Waals surface area contributed by atoms with E-state index in [-0.39, 0.29) is 4.47 Å². The number of hydrogen-bond donors (Lipinski definition) is 1. The molecule has 78 valence electrons. The summed E-state index contributed by atoms with van der Waals surface area (Å²) in [5.41, 5.74) is -4.55. The summed E-state index contributed by atoms with van der Waals surface area (Å²) >= 11 is 2.17. The molecular weight excluding hydrogens is 288 g/mol. The molecule has 0 amide bonds. The highest BCUT2D eigenvalue weighted by Crippen LogP contribution is 2.43. The standard InChI is InChI=1S/C7H3BrF4OS/c8-4-1-3(9)2-5(6(4)13)14-7(10,11)12/h1-2,13H. The SMILES string of the molecule is Oc1c(Br)cc(F)cc1SC(F)(F)F. The lowest BCUT2D eigenvalue weighted by Gasteiger charge is -2.08. The van der Waals surface area contributed by atoms with Crippen molar-refractivity contribution in [2.45, 2.75) is 10.4 Å². The Balaban J connectivity index is 3.09. The Labute approximate surface area is 89.2 Å². The van der Waals surface area contributed by atoms with E-state index in [1.165, 1.54) is 0 Å². The highest BCUT2D eigenvalue weighted by Gasteiger charge is 2.31. The summed E-state index contributed by atoms with van der Waals surface area (Å²) in [6.07, 6.45) is 0. The molecule has 0 atom stereocenters. The van der Waals surface area contributed by atoms with Crippen LogP contribution in [0.4, 0.5) is 17.6 Å². The van der Waals surface area contributed by atoms with Gasteiger partial charge in [0.15, 0.2) is 0 Å². The predicted molar refractivity (Wildman–Crippen MR) is 47.7 cm³/mol. The van der Waals surface area contributed by atoms with Crippen molar-refractivity contribution in [2.75, 3.05) is 0 Å². The zero-order chi connectivity index (χ0) is 10.9. The van der Waals surface area contributed by atoms with Crippen molar-refractivity contribution in [1.29, 1.82) is 0 Å². The second-order valence-electron chi connectivity index (χ2n) is 2.28. The number of thioether (sulfide) groups is 1. The van der Waals surface area contributed by atoms with Crippen LogP contribution in [0.1, 0.15) is 0 Å². The number of alkyl halides is 3. The van der Waals surface area contributed by atoms with Crippen LogP contribution in [0.2, 0.25) is 0 Å². The van der Waals surface area contributed by atoms with Crippen molar-refractivity contribution in [3.63, 3.8) is 0 Å². The van der Waals surface area contributed by atoms with Gasteiger partial charge in [0, 0.05) is 0 Å². The first-order chi connectivity index (χ1) is 6.29. The van der Waals surface area contributed by atoms with Crippen molar-refractivity contribution < 1.29 is 22.7 Å². The topological polar surface area (TPSA) is 20.2 Å². The first kappa shape index (κ1) is 11.6. The Morgan fingerprint density at radius 1 is 1.29 bits per heavy atom. The molecule has 0 saturated carbocycles. The summed E-state index contributed by atoms with van der Waals surface area (Å²) in [7, 11) is 0. The summed E-state index contributed by atoms with van der Waals surface area (Å²) in [6.45, 7) is 0. The normalized spacial score (nSPS) is 11.8. The maximum Gasteiger partial charge on any atom is 0.446 e. The van der Waals surface area contributed by atoms with Crippen molar-refractivity contribution in [1.82, 2.24) is 0 Å². The Morgan fingerprint density at radius 3 is 2.36 bits per heavy atom. The molecule has 1 nitrogen and oxygen atoms in total. The molecule has 0 aliphatic heterocycles. The fourth-order valence-electron chi connectivity index (χ4n) is 0.745. The molecule has 1 rings (SSSR count). The minimum absolute atomic E-state index is 0.107. The van der Waals surface area contributed by atoms with Gasteiger partial charge in [-0.2, -0.15) is 13.2 Å². The van der Waals surface area contributed by atoms with Crippen molar-refractivity contribution in [3.05, 3.63) is 22.4 Å². The van der Waals surface area contributed by atoms with Crippen LogP contribution in [0.3, 0.4) is 0 Å². The van der Waals surface area contributed by atoms with E-state index in [2.05, 4.69) is 15.9 Å². The second-order valence-corrected chi connectivity index (χ2v) is 4.24. The number of rotatable bonds is 1. The van der Waals surface area contributed by atoms with Crippen LogP contribution in [-0.4, -0.2) is 10.6 Å². The van der Waals surface area contributed by atoms with Crippen LogP contribution in [0.15, 0.2) is 21.5 Å². The summed E-state index contributed by atoms with van der Waals surface area (Å²) < 4.78 is 48.3. The van der Waals surface area contributed by atoms with E-state index in [9.17, 15) is 17.6 Å². The Hall–Kier alpha value is -0.430. The molecule has 0 bridgehead atoms. The molecule has 7 heteroatoms. The molecule has 0 unspecified atom stereocenters. The third kappa shape index (κ3) is 3.06. The summed E-state index contributed by atoms with van der Waals surface area (Å²) in [5.74, 6) is -1.46. The van der Waals surface area contributed by atoms with Crippen LogP contribution >= 0.6 is 27.7 Å². The zero-order valence-corrected chi connectivity index (χ0v) is 8.80. The highest BCUT2D eigenvalue weighted by molar-refractivity contribution is 9.10. The lowest BCUT2D eigenvalue weighted by Crippen LogP contribution is -1.99. The Kier molecular flexibility index (Phi) is 3.31. The van der Waals surface area contributed by atoms with Gasteiger partial charge in [0.05, 0.1) is 9.37 Å². The van der Waals surface area contributed by atoms with E-state index < -0.39 is 33.7 Å². The Bertz CT molecular complexity index is 352. The van der Waals surface area contributed by atoms with Crippen molar-refractivity contribution >= 4 is 27.7 Å². The third-order valence-corrected chi connectivity index (χ3v) is 2.59. The molecule has 0 aliphatic rings. The van der Waals surface area contributed by atoms with E-state index in [0.29, 0.717) is 6.07 Å². The maximum atomic E-state index is 12.7. The van der Waals surface area contributed by atoms with Gasteiger partial charge in [0.1, 0.15) is 11.6 Å². The molecule has 1 aromatic carbocycles. The van der Waals surface area contributed by atoms with E-state index in [1.54, 1.807) is 0 Å². The van der Waals surface area contributed by atoms with Gasteiger partial charge in [-0.1, -0.05) is 0 Å². The second kappa shape index (κ2) is 3.98. The zero-order valence-electron chi connectivity index (χ0n) is 6.40. The molecule has 14 heavy (non-hydrogen) atoms. The molecule has 0 saturated heterocycles. The smallest absolute Gasteiger partial charge is 0.446 e. The minimum atomic E-state index is -4.55. The number of phenolic OH excluding ortho intramolecular Hbond substituents is 1. The van der Waals surface area contributed by atoms with Gasteiger partial charge in [-0.25, -0.2) is 4.39 Å². The number of phenols is 1. The molecule has 0 heterocycles. The molecule has 0 aromatic heterocycles. The van der Waals surface area contributed by atoms with Gasteiger partial charge in [0.25, 0.3) is 0 Å². The monoisotopic (exact) mass is 290 g/mol. The van der Waals surface area contributed by atoms with E-state index in [4.69, 9.17) is 5.11 Å². The largest absolute Gasteiger partial charge is 0.506 e. The quantitative estimate of drug-likeness (QED) is 0.625. The fourth-order valence-corrected chi connectivity index (χ4v) is 1.94. The number of benzene rings is 1. The lowest BCUT2D eigenvalue weighted by molar-refractivity contribution is -0.0329. The van der Waals surface area contributed by atoms with Crippen molar-refractivity contribution in [2.24, 2.45) is 0 Å². The number of hydrogen-bond acceptors (Lipinski definition) is 2. The minimum Gasteiger partial charge on any atom is -0.506 e. The number of aromatic hydroxyl groups is 1. The van der Waals surface area contributed by atoms with Crippen LogP contribution in [-0.2, 0) is 0 Å². The van der Waals surface area contributed by atoms with Gasteiger partial charge in [-0.3, -0.25) is 0 Å². The first-order valence-electron chi connectivity index (χ1n) is 3.23. The van der Waals surface area contributed by atoms with E-state index in [0.717, 1.165) is 6.07 Å². The van der Waals surface area contributed by atoms with Crippen LogP contribution in [0, 0.1) is 5.82 Å². The van der Waals surface area contributed by atoms with Gasteiger partial charge < -0.3 is 5.11 Å². The third-order valence-electron chi connectivity index (χ3n) is 1.22. The molecule has 0 spiro atoms. The van der Waals surface area contributed by atoms with Crippen LogP contribution in [0.25, 0.3) is 0 Å². The molecule has 0 aliphatic carbocycles. The first-order valence-corrected chi connectivity index (χ1v) is 4.84. The average molecular weight is 291 g/mol. The summed E-state index contributed by atoms with van der Waals surface area (Å²) in [6, 6.07) is 1.51. The molecule has 0 radical (unpaired) electrons. The van der Waals surface area contributed by atoms with Crippen molar-refractivity contribution in [3.8, 4) is 5.75 Å². The Morgan fingerprint density at radius 2 is 1.86 bits per heavy atom. The highest BCUT2D eigenvalue weighted by atomic mass is 79.9. The molecule has 1 aromatic rings. The fraction of sp³-hybridized carbons (Fsp3) is 0.143. The molecule has 1 N–H and O–H groups in total. The van der Waals surface area contributed by atoms with E-state index >= 15 is 0 Å². The van der Waals surface area contributed by atoms with Gasteiger partial charge in [-0.05, 0) is 39.8 Å². The predicted octanol–water partition coefficient (Wildman–Crippen LogP) is 3.91. The van der Waals surface area contributed by atoms with Crippen LogP contribution < -0.4 is 0 Å².